The van der Waals surface area contributed by atoms with Crippen LogP contribution in [-0.4, -0.2) is 23.8 Å². The van der Waals surface area contributed by atoms with E-state index in [0.29, 0.717) is 17.7 Å². The first-order valence-corrected chi connectivity index (χ1v) is 7.38. The molecule has 1 heterocycles. The second kappa shape index (κ2) is 5.87. The summed E-state index contributed by atoms with van der Waals surface area (Å²) in [5, 5.41) is 2.50. The van der Waals surface area contributed by atoms with Crippen LogP contribution in [0, 0.1) is 11.7 Å². The lowest BCUT2D eigenvalue weighted by atomic mass is 9.86. The van der Waals surface area contributed by atoms with Crippen molar-refractivity contribution in [1.82, 2.24) is 4.98 Å². The van der Waals surface area contributed by atoms with Crippen LogP contribution in [0.3, 0.4) is 0 Å². The smallest absolute Gasteiger partial charge is 0.258 e. The van der Waals surface area contributed by atoms with Crippen molar-refractivity contribution in [3.05, 3.63) is 47.0 Å². The third-order valence-electron chi connectivity index (χ3n) is 4.00. The predicted molar refractivity (Wildman–Crippen MR) is 83.5 cm³/mol. The number of aromatic nitrogens is 1. The Hall–Kier alpha value is -2.63. The highest BCUT2D eigenvalue weighted by atomic mass is 19.1. The first-order valence-electron chi connectivity index (χ1n) is 7.38. The van der Waals surface area contributed by atoms with E-state index in [1.54, 1.807) is 6.07 Å². The lowest BCUT2D eigenvalue weighted by Gasteiger charge is -2.17. The Morgan fingerprint density at radius 2 is 2.17 bits per heavy atom. The number of hydrogen-bond acceptors (Lipinski definition) is 3. The maximum Gasteiger partial charge on any atom is 0.258 e. The van der Waals surface area contributed by atoms with E-state index >= 15 is 0 Å². The molecule has 1 aliphatic carbocycles. The molecule has 0 spiro atoms. The summed E-state index contributed by atoms with van der Waals surface area (Å²) in [5.41, 5.74) is 1.50. The Labute approximate surface area is 132 Å². The van der Waals surface area contributed by atoms with Crippen LogP contribution in [0.1, 0.15) is 39.8 Å². The van der Waals surface area contributed by atoms with Gasteiger partial charge in [-0.15, -0.1) is 0 Å². The van der Waals surface area contributed by atoms with Crippen LogP contribution in [0.2, 0.25) is 0 Å². The summed E-state index contributed by atoms with van der Waals surface area (Å²) >= 11 is 0. The maximum absolute atomic E-state index is 13.9. The van der Waals surface area contributed by atoms with Gasteiger partial charge in [-0.2, -0.15) is 0 Å². The predicted octanol–water partition coefficient (Wildman–Crippen LogP) is 3.18. The number of ketones is 1. The molecule has 1 atom stereocenters. The van der Waals surface area contributed by atoms with Gasteiger partial charge in [-0.05, 0) is 24.5 Å². The molecule has 2 N–H and O–H groups in total. The van der Waals surface area contributed by atoms with Crippen LogP contribution in [0.4, 0.5) is 10.1 Å². The number of aromatic amines is 1. The summed E-state index contributed by atoms with van der Waals surface area (Å²) in [7, 11) is 1.44. The largest absolute Gasteiger partial charge is 0.497 e. The zero-order valence-corrected chi connectivity index (χ0v) is 12.9. The van der Waals surface area contributed by atoms with Crippen molar-refractivity contribution >= 4 is 17.4 Å². The van der Waals surface area contributed by atoms with Gasteiger partial charge in [0.1, 0.15) is 11.6 Å². The molecule has 3 rings (SSSR count). The molecule has 1 aromatic heterocycles. The SMILES string of the molecule is COc1ccc(NC(=O)c2c[nH]c3c2C(=O)CC(C)C3)c(F)c1. The van der Waals surface area contributed by atoms with Crippen molar-refractivity contribution in [1.29, 1.82) is 0 Å². The third-order valence-corrected chi connectivity index (χ3v) is 4.00. The molecular formula is C17H17FN2O3. The Morgan fingerprint density at radius 1 is 1.39 bits per heavy atom. The molecule has 0 bridgehead atoms. The summed E-state index contributed by atoms with van der Waals surface area (Å²) < 4.78 is 18.9. The van der Waals surface area contributed by atoms with E-state index in [4.69, 9.17) is 4.74 Å². The van der Waals surface area contributed by atoms with Gasteiger partial charge in [0.2, 0.25) is 0 Å². The number of benzene rings is 1. The Balaban J connectivity index is 1.86. The fraction of sp³-hybridized carbons (Fsp3) is 0.294. The summed E-state index contributed by atoms with van der Waals surface area (Å²) in [6.45, 7) is 1.99. The van der Waals surface area contributed by atoms with E-state index < -0.39 is 11.7 Å². The molecule has 0 aliphatic heterocycles. The second-order valence-corrected chi connectivity index (χ2v) is 5.79. The van der Waals surface area contributed by atoms with Crippen LogP contribution in [0.15, 0.2) is 24.4 Å². The number of carbonyl (C=O) groups excluding carboxylic acids is 2. The van der Waals surface area contributed by atoms with Crippen LogP contribution >= 0.6 is 0 Å². The van der Waals surface area contributed by atoms with E-state index in [1.165, 1.54) is 25.4 Å². The first kappa shape index (κ1) is 15.3. The van der Waals surface area contributed by atoms with E-state index in [9.17, 15) is 14.0 Å². The molecule has 1 aliphatic rings. The van der Waals surface area contributed by atoms with E-state index in [2.05, 4.69) is 10.3 Å². The average Bonchev–Trinajstić information content (AvgIpc) is 2.93. The van der Waals surface area contributed by atoms with Crippen molar-refractivity contribution in [2.24, 2.45) is 5.92 Å². The Morgan fingerprint density at radius 3 is 2.87 bits per heavy atom. The summed E-state index contributed by atoms with van der Waals surface area (Å²) in [6, 6.07) is 4.17. The highest BCUT2D eigenvalue weighted by Crippen LogP contribution is 2.28. The maximum atomic E-state index is 13.9. The van der Waals surface area contributed by atoms with Crippen molar-refractivity contribution in [3.8, 4) is 5.75 Å². The van der Waals surface area contributed by atoms with Gasteiger partial charge in [0.05, 0.1) is 23.9 Å². The molecule has 2 aromatic rings. The van der Waals surface area contributed by atoms with Crippen molar-refractivity contribution in [2.75, 3.05) is 12.4 Å². The number of rotatable bonds is 3. The lowest BCUT2D eigenvalue weighted by Crippen LogP contribution is -2.21. The quantitative estimate of drug-likeness (QED) is 0.913. The number of hydrogen-bond donors (Lipinski definition) is 2. The van der Waals surface area contributed by atoms with Gasteiger partial charge in [0.15, 0.2) is 5.78 Å². The van der Waals surface area contributed by atoms with Crippen molar-refractivity contribution in [3.63, 3.8) is 0 Å². The third kappa shape index (κ3) is 2.84. The van der Waals surface area contributed by atoms with Crippen LogP contribution in [-0.2, 0) is 6.42 Å². The zero-order chi connectivity index (χ0) is 16.6. The van der Waals surface area contributed by atoms with Gasteiger partial charge in [-0.25, -0.2) is 4.39 Å². The molecule has 0 fully saturated rings. The number of Topliss-reactive ketones (excluding diaryl/α,β-unsaturated/α-hetero) is 1. The number of amides is 1. The van der Waals surface area contributed by atoms with Crippen LogP contribution in [0.25, 0.3) is 0 Å². The summed E-state index contributed by atoms with van der Waals surface area (Å²) in [5.74, 6) is -0.538. The number of carbonyl (C=O) groups is 2. The fourth-order valence-corrected chi connectivity index (χ4v) is 2.88. The van der Waals surface area contributed by atoms with Gasteiger partial charge in [0.25, 0.3) is 5.91 Å². The standard InChI is InChI=1S/C17H17FN2O3/c1-9-5-14-16(15(21)6-9)11(8-19-14)17(22)20-13-4-3-10(23-2)7-12(13)18/h3-4,7-9,19H,5-6H2,1-2H3,(H,20,22). The van der Waals surface area contributed by atoms with Crippen molar-refractivity contribution < 1.29 is 18.7 Å². The minimum absolute atomic E-state index is 0.0439. The molecule has 23 heavy (non-hydrogen) atoms. The molecule has 0 saturated carbocycles. The Bertz CT molecular complexity index is 782. The second-order valence-electron chi connectivity index (χ2n) is 5.79. The molecule has 1 aromatic carbocycles. The fourth-order valence-electron chi connectivity index (χ4n) is 2.88. The van der Waals surface area contributed by atoms with Crippen molar-refractivity contribution in [2.45, 2.75) is 19.8 Å². The number of ether oxygens (including phenoxy) is 1. The van der Waals surface area contributed by atoms with Gasteiger partial charge in [-0.3, -0.25) is 9.59 Å². The Kier molecular flexibility index (Phi) is 3.90. The first-order chi connectivity index (χ1) is 11.0. The normalized spacial score (nSPS) is 16.8. The number of halogens is 1. The molecule has 5 nitrogen and oxygen atoms in total. The molecule has 0 saturated heterocycles. The van der Waals surface area contributed by atoms with Crippen LogP contribution in [0.5, 0.6) is 5.75 Å². The highest BCUT2D eigenvalue weighted by molar-refractivity contribution is 6.13. The van der Waals surface area contributed by atoms with Gasteiger partial charge >= 0.3 is 0 Å². The minimum Gasteiger partial charge on any atom is -0.497 e. The van der Waals surface area contributed by atoms with E-state index in [1.807, 2.05) is 6.92 Å². The molecular weight excluding hydrogens is 299 g/mol. The number of fused-ring (bicyclic) bond motifs is 1. The molecule has 120 valence electrons. The molecule has 0 radical (unpaired) electrons. The van der Waals surface area contributed by atoms with Gasteiger partial charge in [0, 0.05) is 24.4 Å². The van der Waals surface area contributed by atoms with E-state index in [-0.39, 0.29) is 23.0 Å². The van der Waals surface area contributed by atoms with E-state index in [0.717, 1.165) is 12.1 Å². The average molecular weight is 316 g/mol. The zero-order valence-electron chi connectivity index (χ0n) is 12.9. The summed E-state index contributed by atoms with van der Waals surface area (Å²) in [4.78, 5) is 27.6. The minimum atomic E-state index is -0.595. The number of nitrogens with one attached hydrogen (secondary N) is 2. The number of methoxy groups -OCH3 is 1. The van der Waals surface area contributed by atoms with Gasteiger partial charge < -0.3 is 15.0 Å². The number of anilines is 1. The highest BCUT2D eigenvalue weighted by Gasteiger charge is 2.29. The molecule has 1 amide bonds. The number of H-pyrrole nitrogens is 1. The molecule has 1 unspecified atom stereocenters. The topological polar surface area (TPSA) is 71.2 Å². The lowest BCUT2D eigenvalue weighted by molar-refractivity contribution is 0.0940. The van der Waals surface area contributed by atoms with Crippen LogP contribution < -0.4 is 10.1 Å². The van der Waals surface area contributed by atoms with Gasteiger partial charge in [-0.1, -0.05) is 6.92 Å². The monoisotopic (exact) mass is 316 g/mol. The molecule has 6 heteroatoms. The summed E-state index contributed by atoms with van der Waals surface area (Å²) in [6.07, 6.45) is 2.66.